The third-order valence-corrected chi connectivity index (χ3v) is 6.77. The first kappa shape index (κ1) is 21.0. The Kier molecular flexibility index (Phi) is 6.10. The van der Waals surface area contributed by atoms with E-state index in [1.807, 2.05) is 30.3 Å². The van der Waals surface area contributed by atoms with Crippen LogP contribution in [0.25, 0.3) is 11.0 Å². The molecule has 7 nitrogen and oxygen atoms in total. The summed E-state index contributed by atoms with van der Waals surface area (Å²) < 4.78 is 0. The topological polar surface area (TPSA) is 67.5 Å². The number of H-pyrrole nitrogens is 1. The number of likely N-dealkylation sites (N-methyl/N-ethyl adjacent to an activating group) is 1. The Morgan fingerprint density at radius 3 is 2.44 bits per heavy atom. The Balaban J connectivity index is 1.10. The normalized spacial score (nSPS) is 18.8. The molecule has 0 bridgehead atoms. The fourth-order valence-electron chi connectivity index (χ4n) is 4.71. The monoisotopic (exact) mass is 432 g/mol. The molecule has 1 amide bonds. The molecule has 168 valence electrons. The second kappa shape index (κ2) is 9.30. The zero-order chi connectivity index (χ0) is 21.9. The molecular weight excluding hydrogens is 400 g/mol. The smallest absolute Gasteiger partial charge is 0.227 e. The van der Waals surface area contributed by atoms with Crippen LogP contribution in [0.2, 0.25) is 0 Å². The number of piperidine rings is 1. The van der Waals surface area contributed by atoms with Crippen LogP contribution < -0.4 is 10.2 Å². The molecule has 2 saturated heterocycles. The quantitative estimate of drug-likeness (QED) is 0.648. The zero-order valence-corrected chi connectivity index (χ0v) is 18.8. The number of carbonyl (C=O) groups is 1. The molecule has 2 aliphatic rings. The van der Waals surface area contributed by atoms with Crippen molar-refractivity contribution >= 4 is 28.3 Å². The number of nitrogens with zero attached hydrogens (tertiary/aromatic N) is 4. The van der Waals surface area contributed by atoms with Gasteiger partial charge in [-0.05, 0) is 69.4 Å². The minimum atomic E-state index is 0.0687. The predicted molar refractivity (Wildman–Crippen MR) is 129 cm³/mol. The molecular formula is C25H32N6O. The molecule has 5 rings (SSSR count). The number of likely N-dealkylation sites (tertiary alicyclic amines) is 1. The van der Waals surface area contributed by atoms with Gasteiger partial charge in [0.1, 0.15) is 5.82 Å². The van der Waals surface area contributed by atoms with Gasteiger partial charge >= 0.3 is 0 Å². The number of hydrogen-bond donors (Lipinski definition) is 2. The van der Waals surface area contributed by atoms with Gasteiger partial charge in [-0.15, -0.1) is 0 Å². The van der Waals surface area contributed by atoms with Crippen molar-refractivity contribution in [3.8, 4) is 0 Å². The first-order valence-electron chi connectivity index (χ1n) is 11.6. The van der Waals surface area contributed by atoms with Gasteiger partial charge in [-0.2, -0.15) is 0 Å². The van der Waals surface area contributed by atoms with Crippen LogP contribution >= 0.6 is 0 Å². The molecule has 2 aliphatic heterocycles. The van der Waals surface area contributed by atoms with Crippen molar-refractivity contribution in [2.24, 2.45) is 5.92 Å². The number of nitrogens with one attached hydrogen (secondary N) is 2. The minimum Gasteiger partial charge on any atom is -0.369 e. The van der Waals surface area contributed by atoms with Crippen molar-refractivity contribution < 1.29 is 4.79 Å². The number of para-hydroxylation sites is 2. The Labute approximate surface area is 189 Å². The number of amides is 1. The number of carbonyl (C=O) groups excluding carboxylic acids is 1. The Bertz CT molecular complexity index is 1010. The van der Waals surface area contributed by atoms with Gasteiger partial charge in [-0.25, -0.2) is 4.98 Å². The first-order chi connectivity index (χ1) is 15.6. The Hall–Kier alpha value is -2.90. The molecule has 7 heteroatoms. The van der Waals surface area contributed by atoms with Crippen LogP contribution in [-0.4, -0.2) is 72.0 Å². The van der Waals surface area contributed by atoms with E-state index in [9.17, 15) is 4.79 Å². The summed E-state index contributed by atoms with van der Waals surface area (Å²) in [6.45, 7) is 6.91. The molecule has 2 fully saturated rings. The number of fused-ring (bicyclic) bond motifs is 1. The molecule has 3 aromatic rings. The second-order valence-corrected chi connectivity index (χ2v) is 9.08. The molecule has 0 atom stereocenters. The molecule has 0 radical (unpaired) electrons. The maximum Gasteiger partial charge on any atom is 0.227 e. The fraction of sp³-hybridized carbons (Fsp3) is 0.440. The van der Waals surface area contributed by atoms with Gasteiger partial charge < -0.3 is 20.1 Å². The van der Waals surface area contributed by atoms with Crippen molar-refractivity contribution in [2.45, 2.75) is 19.4 Å². The van der Waals surface area contributed by atoms with Crippen LogP contribution in [-0.2, 0) is 11.3 Å². The first-order valence-corrected chi connectivity index (χ1v) is 11.6. The lowest BCUT2D eigenvalue weighted by atomic mass is 9.96. The highest BCUT2D eigenvalue weighted by molar-refractivity contribution is 5.92. The molecule has 0 unspecified atom stereocenters. The van der Waals surface area contributed by atoms with E-state index in [4.69, 9.17) is 0 Å². The van der Waals surface area contributed by atoms with Crippen molar-refractivity contribution in [1.82, 2.24) is 19.8 Å². The van der Waals surface area contributed by atoms with E-state index < -0.39 is 0 Å². The number of hydrogen-bond acceptors (Lipinski definition) is 5. The summed E-state index contributed by atoms with van der Waals surface area (Å²) in [6, 6.07) is 16.4. The maximum atomic E-state index is 12.8. The Morgan fingerprint density at radius 1 is 1.00 bits per heavy atom. The number of benzene rings is 2. The van der Waals surface area contributed by atoms with Crippen LogP contribution in [0.1, 0.15) is 18.7 Å². The molecule has 0 aliphatic carbocycles. The third-order valence-electron chi connectivity index (χ3n) is 6.77. The fourth-order valence-corrected chi connectivity index (χ4v) is 4.71. The van der Waals surface area contributed by atoms with Crippen molar-refractivity contribution in [1.29, 1.82) is 0 Å². The van der Waals surface area contributed by atoms with Gasteiger partial charge in [-0.3, -0.25) is 9.69 Å². The van der Waals surface area contributed by atoms with Gasteiger partial charge in [0.25, 0.3) is 0 Å². The summed E-state index contributed by atoms with van der Waals surface area (Å²) in [6.07, 6.45) is 1.76. The Morgan fingerprint density at radius 2 is 1.72 bits per heavy atom. The number of aromatic nitrogens is 2. The molecule has 2 N–H and O–H groups in total. The van der Waals surface area contributed by atoms with Gasteiger partial charge in [-0.1, -0.05) is 12.1 Å². The van der Waals surface area contributed by atoms with E-state index in [-0.39, 0.29) is 11.8 Å². The number of anilines is 2. The van der Waals surface area contributed by atoms with E-state index in [0.29, 0.717) is 0 Å². The SMILES string of the molecule is CN1CCN(c2ccc(NC(=O)C3CCN(Cc4nc5ccccc5[nH]4)CC3)cc2)CC1. The summed E-state index contributed by atoms with van der Waals surface area (Å²) in [4.78, 5) is 28.0. The molecule has 0 saturated carbocycles. The molecule has 1 aromatic heterocycles. The minimum absolute atomic E-state index is 0.0687. The van der Waals surface area contributed by atoms with Crippen LogP contribution in [0.15, 0.2) is 48.5 Å². The third kappa shape index (κ3) is 4.79. The van der Waals surface area contributed by atoms with Crippen LogP contribution in [0, 0.1) is 5.92 Å². The zero-order valence-electron chi connectivity index (χ0n) is 18.8. The summed E-state index contributed by atoms with van der Waals surface area (Å²) in [5.41, 5.74) is 4.21. The number of piperazine rings is 1. The molecule has 32 heavy (non-hydrogen) atoms. The lowest BCUT2D eigenvalue weighted by Gasteiger charge is -2.34. The van der Waals surface area contributed by atoms with E-state index in [1.54, 1.807) is 0 Å². The standard InChI is InChI=1S/C25H32N6O/c1-29-14-16-31(17-15-29)21-8-6-20(7-9-21)26-25(32)19-10-12-30(13-11-19)18-24-27-22-4-2-3-5-23(22)28-24/h2-9,19H,10-18H2,1H3,(H,26,32)(H,27,28). The number of rotatable bonds is 5. The highest BCUT2D eigenvalue weighted by Crippen LogP contribution is 2.23. The van der Waals surface area contributed by atoms with Gasteiger partial charge in [0, 0.05) is 43.5 Å². The number of imidazole rings is 1. The van der Waals surface area contributed by atoms with Gasteiger partial charge in [0.2, 0.25) is 5.91 Å². The van der Waals surface area contributed by atoms with E-state index in [1.165, 1.54) is 5.69 Å². The highest BCUT2D eigenvalue weighted by atomic mass is 16.1. The average molecular weight is 433 g/mol. The predicted octanol–water partition coefficient (Wildman–Crippen LogP) is 3.17. The van der Waals surface area contributed by atoms with Gasteiger partial charge in [0.15, 0.2) is 0 Å². The van der Waals surface area contributed by atoms with Crippen molar-refractivity contribution in [3.63, 3.8) is 0 Å². The van der Waals surface area contributed by atoms with Crippen molar-refractivity contribution in [3.05, 3.63) is 54.4 Å². The number of aromatic amines is 1. The summed E-state index contributed by atoms with van der Waals surface area (Å²) >= 11 is 0. The molecule has 2 aromatic carbocycles. The molecule has 3 heterocycles. The second-order valence-electron chi connectivity index (χ2n) is 9.08. The highest BCUT2D eigenvalue weighted by Gasteiger charge is 2.25. The molecule has 0 spiro atoms. The summed E-state index contributed by atoms with van der Waals surface area (Å²) in [5.74, 6) is 1.20. The summed E-state index contributed by atoms with van der Waals surface area (Å²) in [7, 11) is 2.17. The largest absolute Gasteiger partial charge is 0.369 e. The van der Waals surface area contributed by atoms with Crippen LogP contribution in [0.4, 0.5) is 11.4 Å². The van der Waals surface area contributed by atoms with Crippen LogP contribution in [0.3, 0.4) is 0 Å². The van der Waals surface area contributed by atoms with E-state index in [2.05, 4.69) is 55.2 Å². The average Bonchev–Trinajstić information content (AvgIpc) is 3.23. The lowest BCUT2D eigenvalue weighted by molar-refractivity contribution is -0.121. The van der Waals surface area contributed by atoms with E-state index in [0.717, 1.165) is 81.2 Å². The van der Waals surface area contributed by atoms with E-state index >= 15 is 0 Å². The van der Waals surface area contributed by atoms with Crippen LogP contribution in [0.5, 0.6) is 0 Å². The maximum absolute atomic E-state index is 12.8. The lowest BCUT2D eigenvalue weighted by Crippen LogP contribution is -2.44. The van der Waals surface area contributed by atoms with Crippen molar-refractivity contribution in [2.75, 3.05) is 56.5 Å². The summed E-state index contributed by atoms with van der Waals surface area (Å²) in [5, 5.41) is 3.13. The van der Waals surface area contributed by atoms with Gasteiger partial charge in [0.05, 0.1) is 17.6 Å².